The van der Waals surface area contributed by atoms with E-state index in [9.17, 15) is 9.59 Å². The first-order valence-electron chi connectivity index (χ1n) is 9.51. The third kappa shape index (κ3) is 3.42. The summed E-state index contributed by atoms with van der Waals surface area (Å²) < 4.78 is 0. The number of hydrogen-bond acceptors (Lipinski definition) is 4. The number of carbonyl (C=O) groups is 2. The number of thiazole rings is 1. The SMILES string of the molecule is CNC(=O)c1cnc(C2(C)CCN(C(=O)Cc3c[nH]c4ccccc34)CC2)s1. The van der Waals surface area contributed by atoms with Crippen molar-refractivity contribution in [3.05, 3.63) is 52.1 Å². The first kappa shape index (κ1) is 18.7. The van der Waals surface area contributed by atoms with Crippen molar-refractivity contribution in [1.29, 1.82) is 0 Å². The summed E-state index contributed by atoms with van der Waals surface area (Å²) in [5.41, 5.74) is 2.02. The molecule has 146 valence electrons. The molecule has 0 unspecified atom stereocenters. The van der Waals surface area contributed by atoms with Crippen LogP contribution in [0.1, 0.15) is 40.0 Å². The van der Waals surface area contributed by atoms with Crippen LogP contribution >= 0.6 is 11.3 Å². The van der Waals surface area contributed by atoms with E-state index in [0.29, 0.717) is 24.4 Å². The molecule has 3 heterocycles. The maximum atomic E-state index is 12.8. The van der Waals surface area contributed by atoms with Gasteiger partial charge in [-0.25, -0.2) is 4.98 Å². The first-order chi connectivity index (χ1) is 13.5. The van der Waals surface area contributed by atoms with E-state index in [-0.39, 0.29) is 17.2 Å². The van der Waals surface area contributed by atoms with Gasteiger partial charge in [0.2, 0.25) is 5.91 Å². The smallest absolute Gasteiger partial charge is 0.262 e. The van der Waals surface area contributed by atoms with Crippen LogP contribution in [-0.4, -0.2) is 46.8 Å². The number of H-pyrrole nitrogens is 1. The van der Waals surface area contributed by atoms with Crippen LogP contribution in [0, 0.1) is 0 Å². The van der Waals surface area contributed by atoms with E-state index in [4.69, 9.17) is 0 Å². The number of likely N-dealkylation sites (tertiary alicyclic amines) is 1. The van der Waals surface area contributed by atoms with Gasteiger partial charge in [-0.1, -0.05) is 25.1 Å². The number of nitrogens with zero attached hydrogens (tertiary/aromatic N) is 2. The molecule has 1 saturated heterocycles. The Kier molecular flexibility index (Phi) is 4.93. The summed E-state index contributed by atoms with van der Waals surface area (Å²) in [5.74, 6) is 0.0654. The molecule has 1 aromatic carbocycles. The number of fused-ring (bicyclic) bond motifs is 1. The maximum absolute atomic E-state index is 12.8. The van der Waals surface area contributed by atoms with E-state index in [1.165, 1.54) is 11.3 Å². The zero-order chi connectivity index (χ0) is 19.7. The predicted molar refractivity (Wildman–Crippen MR) is 111 cm³/mol. The van der Waals surface area contributed by atoms with Crippen molar-refractivity contribution in [2.45, 2.75) is 31.6 Å². The third-order valence-electron chi connectivity index (χ3n) is 5.71. The number of rotatable bonds is 4. The van der Waals surface area contributed by atoms with Crippen molar-refractivity contribution in [1.82, 2.24) is 20.2 Å². The molecule has 2 amide bonds. The Morgan fingerprint density at radius 2 is 2.04 bits per heavy atom. The van der Waals surface area contributed by atoms with E-state index in [2.05, 4.69) is 22.2 Å². The summed E-state index contributed by atoms with van der Waals surface area (Å²) in [6.45, 7) is 3.61. The number of hydrogen-bond donors (Lipinski definition) is 2. The molecule has 7 heteroatoms. The molecular formula is C21H24N4O2S. The Morgan fingerprint density at radius 3 is 2.79 bits per heavy atom. The highest BCUT2D eigenvalue weighted by atomic mass is 32.1. The van der Waals surface area contributed by atoms with Gasteiger partial charge in [-0.05, 0) is 24.5 Å². The minimum atomic E-state index is -0.0984. The van der Waals surface area contributed by atoms with Gasteiger partial charge in [0.15, 0.2) is 0 Å². The molecule has 0 aliphatic carbocycles. The molecule has 6 nitrogen and oxygen atoms in total. The summed E-state index contributed by atoms with van der Waals surface area (Å²) in [6.07, 6.45) is 5.71. The van der Waals surface area contributed by atoms with Crippen LogP contribution in [0.3, 0.4) is 0 Å². The van der Waals surface area contributed by atoms with E-state index in [0.717, 1.165) is 34.3 Å². The molecule has 0 spiro atoms. The summed E-state index contributed by atoms with van der Waals surface area (Å²) >= 11 is 1.46. The van der Waals surface area contributed by atoms with Crippen molar-refractivity contribution in [3.8, 4) is 0 Å². The average Bonchev–Trinajstić information content (AvgIpc) is 3.36. The van der Waals surface area contributed by atoms with Crippen LogP contribution < -0.4 is 5.32 Å². The molecule has 4 rings (SSSR count). The third-order valence-corrected chi connectivity index (χ3v) is 7.01. The minimum absolute atomic E-state index is 0.0888. The highest BCUT2D eigenvalue weighted by molar-refractivity contribution is 7.13. The lowest BCUT2D eigenvalue weighted by molar-refractivity contribution is -0.132. The van der Waals surface area contributed by atoms with Gasteiger partial charge in [-0.15, -0.1) is 11.3 Å². The van der Waals surface area contributed by atoms with Crippen molar-refractivity contribution in [2.75, 3.05) is 20.1 Å². The zero-order valence-corrected chi connectivity index (χ0v) is 16.9. The fourth-order valence-electron chi connectivity index (χ4n) is 3.80. The van der Waals surface area contributed by atoms with Crippen LogP contribution in [0.25, 0.3) is 10.9 Å². The van der Waals surface area contributed by atoms with Gasteiger partial charge in [-0.3, -0.25) is 9.59 Å². The number of nitrogens with one attached hydrogen (secondary N) is 2. The number of amides is 2. The highest BCUT2D eigenvalue weighted by Crippen LogP contribution is 2.37. The van der Waals surface area contributed by atoms with Gasteiger partial charge in [0.1, 0.15) is 4.88 Å². The Hall–Kier alpha value is -2.67. The maximum Gasteiger partial charge on any atom is 0.262 e. The van der Waals surface area contributed by atoms with Crippen molar-refractivity contribution in [2.24, 2.45) is 0 Å². The van der Waals surface area contributed by atoms with Crippen LogP contribution in [0.15, 0.2) is 36.7 Å². The number of benzene rings is 1. The second-order valence-corrected chi connectivity index (χ2v) is 8.62. The Labute approximate surface area is 168 Å². The number of aromatic amines is 1. The summed E-state index contributed by atoms with van der Waals surface area (Å²) in [6, 6.07) is 8.06. The molecule has 0 atom stereocenters. The average molecular weight is 397 g/mol. The molecule has 2 N–H and O–H groups in total. The predicted octanol–water partition coefficient (Wildman–Crippen LogP) is 3.11. The molecule has 0 saturated carbocycles. The van der Waals surface area contributed by atoms with Gasteiger partial charge in [-0.2, -0.15) is 0 Å². The molecular weight excluding hydrogens is 372 g/mol. The molecule has 0 bridgehead atoms. The molecule has 2 aromatic heterocycles. The number of carbonyl (C=O) groups excluding carboxylic acids is 2. The van der Waals surface area contributed by atoms with Gasteiger partial charge < -0.3 is 15.2 Å². The standard InChI is InChI=1S/C21H24N4O2S/c1-21(20-24-13-17(28-20)19(27)22-2)7-9-25(10-8-21)18(26)11-14-12-23-16-6-4-3-5-15(14)16/h3-6,12-13,23H,7-11H2,1-2H3,(H,22,27). The monoisotopic (exact) mass is 396 g/mol. The van der Waals surface area contributed by atoms with E-state index >= 15 is 0 Å². The van der Waals surface area contributed by atoms with E-state index < -0.39 is 0 Å². The largest absolute Gasteiger partial charge is 0.361 e. The quantitative estimate of drug-likeness (QED) is 0.711. The number of para-hydroxylation sites is 1. The second-order valence-electron chi connectivity index (χ2n) is 7.59. The first-order valence-corrected chi connectivity index (χ1v) is 10.3. The summed E-state index contributed by atoms with van der Waals surface area (Å²) in [7, 11) is 1.63. The van der Waals surface area contributed by atoms with Gasteiger partial charge >= 0.3 is 0 Å². The molecule has 0 radical (unpaired) electrons. The molecule has 1 aliphatic rings. The minimum Gasteiger partial charge on any atom is -0.361 e. The van der Waals surface area contributed by atoms with Gasteiger partial charge in [0.25, 0.3) is 5.91 Å². The lowest BCUT2D eigenvalue weighted by atomic mass is 9.81. The fraction of sp³-hybridized carbons (Fsp3) is 0.381. The van der Waals surface area contributed by atoms with Crippen molar-refractivity contribution >= 4 is 34.1 Å². The van der Waals surface area contributed by atoms with Crippen LogP contribution in [0.2, 0.25) is 0 Å². The van der Waals surface area contributed by atoms with E-state index in [1.54, 1.807) is 13.2 Å². The Balaban J connectivity index is 1.41. The highest BCUT2D eigenvalue weighted by Gasteiger charge is 2.36. The van der Waals surface area contributed by atoms with Gasteiger partial charge in [0.05, 0.1) is 17.6 Å². The normalized spacial score (nSPS) is 16.3. The topological polar surface area (TPSA) is 78.1 Å². The summed E-state index contributed by atoms with van der Waals surface area (Å²) in [4.78, 5) is 35.0. The van der Waals surface area contributed by atoms with Crippen LogP contribution in [0.5, 0.6) is 0 Å². The van der Waals surface area contributed by atoms with Crippen LogP contribution in [-0.2, 0) is 16.6 Å². The molecule has 28 heavy (non-hydrogen) atoms. The molecule has 1 aliphatic heterocycles. The van der Waals surface area contributed by atoms with E-state index in [1.807, 2.05) is 35.4 Å². The fourth-order valence-corrected chi connectivity index (χ4v) is 4.86. The Morgan fingerprint density at radius 1 is 1.29 bits per heavy atom. The van der Waals surface area contributed by atoms with Crippen molar-refractivity contribution in [3.63, 3.8) is 0 Å². The number of piperidine rings is 1. The molecule has 3 aromatic rings. The Bertz CT molecular complexity index is 1010. The zero-order valence-electron chi connectivity index (χ0n) is 16.1. The second kappa shape index (κ2) is 7.39. The lowest BCUT2D eigenvalue weighted by Crippen LogP contribution is -2.44. The summed E-state index contributed by atoms with van der Waals surface area (Å²) in [5, 5.41) is 4.74. The van der Waals surface area contributed by atoms with Crippen molar-refractivity contribution < 1.29 is 9.59 Å². The van der Waals surface area contributed by atoms with Crippen LogP contribution in [0.4, 0.5) is 0 Å². The molecule has 1 fully saturated rings. The van der Waals surface area contributed by atoms with Gasteiger partial charge in [0, 0.05) is 42.7 Å². The lowest BCUT2D eigenvalue weighted by Gasteiger charge is -2.38. The number of aromatic nitrogens is 2.